The van der Waals surface area contributed by atoms with E-state index >= 15 is 0 Å². The number of rotatable bonds is 0. The molecule has 0 aliphatic heterocycles. The monoisotopic (exact) mass is 244 g/mol. The third-order valence-electron chi connectivity index (χ3n) is 0. The zero-order valence-corrected chi connectivity index (χ0v) is 7.42. The van der Waals surface area contributed by atoms with Crippen LogP contribution in [0.2, 0.25) is 0 Å². The van der Waals surface area contributed by atoms with Crippen molar-refractivity contribution in [1.29, 1.82) is 0 Å². The first-order chi connectivity index (χ1) is 1.41. The predicted molar refractivity (Wildman–Crippen MR) is 20.5 cm³/mol. The first-order valence-electron chi connectivity index (χ1n) is 0.309. The van der Waals surface area contributed by atoms with Crippen molar-refractivity contribution < 1.29 is 51.9 Å². The SMILES string of the molecule is ClOCl.[OH-].[OH-].[OH-].[OH-].[Zr+4]. The largest absolute Gasteiger partial charge is 4.00 e. The maximum atomic E-state index is 4.26. The van der Waals surface area contributed by atoms with E-state index in [1.165, 1.54) is 0 Å². The molecule has 0 aromatic rings. The van der Waals surface area contributed by atoms with Gasteiger partial charge in [-0.2, -0.15) is 3.84 Å². The summed E-state index contributed by atoms with van der Waals surface area (Å²) >= 11 is 8.53. The van der Waals surface area contributed by atoms with Crippen molar-refractivity contribution in [2.45, 2.75) is 0 Å². The van der Waals surface area contributed by atoms with Gasteiger partial charge in [0.15, 0.2) is 0 Å². The first kappa shape index (κ1) is 59.4. The van der Waals surface area contributed by atoms with Crippen LogP contribution in [0.5, 0.6) is 0 Å². The molecule has 0 saturated heterocycles. The van der Waals surface area contributed by atoms with Crippen LogP contribution in [0.25, 0.3) is 0 Å². The second-order valence-corrected chi connectivity index (χ2v) is 0.525. The summed E-state index contributed by atoms with van der Waals surface area (Å²) in [5.41, 5.74) is 0. The molecule has 0 spiro atoms. The van der Waals surface area contributed by atoms with E-state index in [2.05, 4.69) is 27.6 Å². The van der Waals surface area contributed by atoms with Gasteiger partial charge in [-0.25, -0.2) is 0 Å². The van der Waals surface area contributed by atoms with Gasteiger partial charge in [-0.05, 0) is 0 Å². The van der Waals surface area contributed by atoms with Crippen molar-refractivity contribution in [1.82, 2.24) is 0 Å². The molecule has 0 aromatic heterocycles. The summed E-state index contributed by atoms with van der Waals surface area (Å²) < 4.78 is 3.19. The molecule has 52 valence electrons. The third kappa shape index (κ3) is 179. The van der Waals surface area contributed by atoms with E-state index in [-0.39, 0.29) is 48.1 Å². The molecule has 0 rings (SSSR count). The Hall–Kier alpha value is 1.26. The van der Waals surface area contributed by atoms with E-state index < -0.39 is 0 Å². The molecule has 0 bridgehead atoms. The summed E-state index contributed by atoms with van der Waals surface area (Å²) in [4.78, 5) is 0. The van der Waals surface area contributed by atoms with E-state index in [1.54, 1.807) is 0 Å². The molecule has 8 heteroatoms. The Labute approximate surface area is 75.6 Å². The molecule has 0 aliphatic carbocycles. The topological polar surface area (TPSA) is 129 Å². The van der Waals surface area contributed by atoms with Crippen LogP contribution in [0.1, 0.15) is 0 Å². The average Bonchev–Trinajstić information content (AvgIpc) is 0.918. The van der Waals surface area contributed by atoms with Crippen molar-refractivity contribution in [3.63, 3.8) is 0 Å². The van der Waals surface area contributed by atoms with Crippen LogP contribution < -0.4 is 0 Å². The Balaban J connectivity index is -0.00000000200. The van der Waals surface area contributed by atoms with Crippen LogP contribution >= 0.6 is 23.7 Å². The molecule has 0 amide bonds. The summed E-state index contributed by atoms with van der Waals surface area (Å²) in [5, 5.41) is 0. The Bertz CT molecular complexity index is 10.4. The van der Waals surface area contributed by atoms with Gasteiger partial charge in [-0.15, -0.1) is 0 Å². The zero-order valence-electron chi connectivity index (χ0n) is 3.45. The number of halogens is 2. The summed E-state index contributed by atoms with van der Waals surface area (Å²) in [6.07, 6.45) is 0. The molecule has 8 heavy (non-hydrogen) atoms. The summed E-state index contributed by atoms with van der Waals surface area (Å²) in [7, 11) is 0. The molecule has 0 radical (unpaired) electrons. The van der Waals surface area contributed by atoms with E-state index in [4.69, 9.17) is 0 Å². The van der Waals surface area contributed by atoms with Crippen molar-refractivity contribution >= 4 is 23.7 Å². The van der Waals surface area contributed by atoms with Crippen molar-refractivity contribution in [2.75, 3.05) is 0 Å². The maximum absolute atomic E-state index is 4.26. The van der Waals surface area contributed by atoms with Gasteiger partial charge < -0.3 is 21.9 Å². The Morgan fingerprint density at radius 1 is 0.750 bits per heavy atom. The molecule has 0 unspecified atom stereocenters. The Morgan fingerprint density at radius 3 is 0.750 bits per heavy atom. The first-order valence-corrected chi connectivity index (χ1v) is 0.926. The van der Waals surface area contributed by atoms with Crippen molar-refractivity contribution in [3.05, 3.63) is 0 Å². The van der Waals surface area contributed by atoms with Gasteiger partial charge in [0.1, 0.15) is 0 Å². The van der Waals surface area contributed by atoms with Crippen LogP contribution in [0, 0.1) is 0 Å². The standard InChI is InChI=1S/Cl2O.4H2O.Zr/c1-3-2;;;;;/h;4*1H2;/q;;;;;+4/p-4. The summed E-state index contributed by atoms with van der Waals surface area (Å²) in [5.74, 6) is 0. The predicted octanol–water partition coefficient (Wildman–Crippen LogP) is 0.601. The van der Waals surface area contributed by atoms with Crippen LogP contribution in [-0.2, 0) is 30.0 Å². The zero-order chi connectivity index (χ0) is 2.71. The van der Waals surface area contributed by atoms with Crippen LogP contribution in [-0.4, -0.2) is 21.9 Å². The van der Waals surface area contributed by atoms with Gasteiger partial charge in [-0.1, -0.05) is 0 Å². The quantitative estimate of drug-likeness (QED) is 0.617. The van der Waals surface area contributed by atoms with E-state index in [1.807, 2.05) is 0 Å². The fourth-order valence-corrected chi connectivity index (χ4v) is 0. The Morgan fingerprint density at radius 2 is 0.750 bits per heavy atom. The van der Waals surface area contributed by atoms with Crippen LogP contribution in [0.3, 0.4) is 0 Å². The van der Waals surface area contributed by atoms with Gasteiger partial charge in [0.2, 0.25) is 0 Å². The molecule has 0 aliphatic rings. The van der Waals surface area contributed by atoms with Gasteiger partial charge >= 0.3 is 26.2 Å². The second kappa shape index (κ2) is 85.1. The molecular weight excluding hydrogens is 242 g/mol. The van der Waals surface area contributed by atoms with Gasteiger partial charge in [0, 0.05) is 0 Å². The van der Waals surface area contributed by atoms with Crippen LogP contribution in [0.4, 0.5) is 0 Å². The number of hydrogen-bond acceptors (Lipinski definition) is 5. The van der Waals surface area contributed by atoms with Crippen LogP contribution in [0.15, 0.2) is 0 Å². The third-order valence-corrected chi connectivity index (χ3v) is 0. The van der Waals surface area contributed by atoms with Crippen molar-refractivity contribution in [3.8, 4) is 0 Å². The minimum atomic E-state index is 0. The minimum absolute atomic E-state index is 0. The van der Waals surface area contributed by atoms with E-state index in [9.17, 15) is 0 Å². The van der Waals surface area contributed by atoms with Gasteiger partial charge in [0.05, 0.1) is 23.7 Å². The fourth-order valence-electron chi connectivity index (χ4n) is 0. The molecule has 4 N–H and O–H groups in total. The van der Waals surface area contributed by atoms with Crippen molar-refractivity contribution in [2.24, 2.45) is 0 Å². The van der Waals surface area contributed by atoms with E-state index in [0.717, 1.165) is 0 Å². The smallest absolute Gasteiger partial charge is 0.870 e. The second-order valence-electron chi connectivity index (χ2n) is 0.0583. The normalized spacial score (nSPS) is 2.25. The summed E-state index contributed by atoms with van der Waals surface area (Å²) in [6.45, 7) is 0. The molecule has 0 heterocycles. The summed E-state index contributed by atoms with van der Waals surface area (Å²) in [6, 6.07) is 0. The molecule has 0 aromatic carbocycles. The molecule has 5 nitrogen and oxygen atoms in total. The van der Waals surface area contributed by atoms with Gasteiger partial charge in [0.25, 0.3) is 0 Å². The Kier molecular flexibility index (Phi) is 632. The maximum Gasteiger partial charge on any atom is 4.00 e. The molecule has 0 fully saturated rings. The minimum Gasteiger partial charge on any atom is -0.870 e. The molecule has 0 saturated carbocycles. The molecule has 0 atom stereocenters. The van der Waals surface area contributed by atoms with E-state index in [0.29, 0.717) is 0 Å². The fraction of sp³-hybridized carbons (Fsp3) is 0. The van der Waals surface area contributed by atoms with Gasteiger partial charge in [-0.3, -0.25) is 0 Å². The average molecular weight is 246 g/mol. The number of hydrogen-bond donors (Lipinski definition) is 0. The molecular formula is H4Cl2O5Zr.